The van der Waals surface area contributed by atoms with Crippen LogP contribution in [0.2, 0.25) is 0 Å². The Morgan fingerprint density at radius 3 is 2.76 bits per heavy atom. The fourth-order valence-corrected chi connectivity index (χ4v) is 2.01. The molecule has 1 amide bonds. The monoisotopic (exact) mass is 287 g/mol. The fourth-order valence-electron chi connectivity index (χ4n) is 2.01. The maximum atomic E-state index is 13.5. The lowest BCUT2D eigenvalue weighted by atomic mass is 10.2. The molecular weight excluding hydrogens is 276 g/mol. The Bertz CT molecular complexity index is 814. The molecule has 0 spiro atoms. The first kappa shape index (κ1) is 13.2. The Morgan fingerprint density at radius 1 is 1.14 bits per heavy atom. The van der Waals surface area contributed by atoms with Crippen molar-refractivity contribution < 1.29 is 13.6 Å². The van der Waals surface area contributed by atoms with Gasteiger partial charge in [-0.25, -0.2) is 13.8 Å². The molecule has 3 rings (SSSR count). The summed E-state index contributed by atoms with van der Waals surface area (Å²) in [5.74, 6) is -1.47. The van der Waals surface area contributed by atoms with Gasteiger partial charge in [0.15, 0.2) is 0 Å². The van der Waals surface area contributed by atoms with Crippen LogP contribution in [0.25, 0.3) is 5.65 Å². The van der Waals surface area contributed by atoms with Crippen LogP contribution in [0.3, 0.4) is 0 Å². The highest BCUT2D eigenvalue weighted by Crippen LogP contribution is 2.08. The van der Waals surface area contributed by atoms with E-state index in [4.69, 9.17) is 0 Å². The number of pyridine rings is 1. The van der Waals surface area contributed by atoms with Crippen LogP contribution in [0.1, 0.15) is 16.1 Å². The Labute approximate surface area is 119 Å². The fraction of sp³-hybridized carbons (Fsp3) is 0.0667. The van der Waals surface area contributed by atoms with Gasteiger partial charge in [-0.3, -0.25) is 4.79 Å². The molecule has 1 N–H and O–H groups in total. The molecule has 0 fully saturated rings. The van der Waals surface area contributed by atoms with Crippen molar-refractivity contribution in [3.05, 3.63) is 71.7 Å². The lowest BCUT2D eigenvalue weighted by Gasteiger charge is -2.03. The number of aromatic nitrogens is 2. The lowest BCUT2D eigenvalue weighted by Crippen LogP contribution is -2.23. The SMILES string of the molecule is O=C(NCc1cn2cc(F)ccc2n1)c1ccccc1F. The first-order valence-electron chi connectivity index (χ1n) is 6.29. The molecule has 0 aliphatic carbocycles. The minimum absolute atomic E-state index is 0.0210. The number of fused-ring (bicyclic) bond motifs is 1. The number of hydrogen-bond donors (Lipinski definition) is 1. The average Bonchev–Trinajstić information content (AvgIpc) is 2.87. The summed E-state index contributed by atoms with van der Waals surface area (Å²) < 4.78 is 28.0. The van der Waals surface area contributed by atoms with E-state index in [1.165, 1.54) is 40.9 Å². The van der Waals surface area contributed by atoms with Crippen molar-refractivity contribution in [1.29, 1.82) is 0 Å². The summed E-state index contributed by atoms with van der Waals surface area (Å²) in [6, 6.07) is 8.59. The van der Waals surface area contributed by atoms with Gasteiger partial charge in [-0.15, -0.1) is 0 Å². The van der Waals surface area contributed by atoms with E-state index in [0.29, 0.717) is 11.3 Å². The van der Waals surface area contributed by atoms with Crippen molar-refractivity contribution in [3.8, 4) is 0 Å². The van der Waals surface area contributed by atoms with Crippen molar-refractivity contribution in [1.82, 2.24) is 14.7 Å². The van der Waals surface area contributed by atoms with E-state index >= 15 is 0 Å². The van der Waals surface area contributed by atoms with Gasteiger partial charge < -0.3 is 9.72 Å². The second-order valence-electron chi connectivity index (χ2n) is 4.51. The molecule has 0 aliphatic rings. The third-order valence-corrected chi connectivity index (χ3v) is 3.01. The predicted octanol–water partition coefficient (Wildman–Crippen LogP) is 2.54. The van der Waals surface area contributed by atoms with Crippen molar-refractivity contribution in [2.24, 2.45) is 0 Å². The van der Waals surface area contributed by atoms with Crippen LogP contribution >= 0.6 is 0 Å². The average molecular weight is 287 g/mol. The number of nitrogens with zero attached hydrogens (tertiary/aromatic N) is 2. The molecule has 2 aromatic heterocycles. The Hall–Kier alpha value is -2.76. The van der Waals surface area contributed by atoms with E-state index in [0.717, 1.165) is 0 Å². The summed E-state index contributed by atoms with van der Waals surface area (Å²) in [6.45, 7) is 0.135. The van der Waals surface area contributed by atoms with Gasteiger partial charge in [0, 0.05) is 12.4 Å². The normalized spacial score (nSPS) is 10.8. The summed E-state index contributed by atoms with van der Waals surface area (Å²) in [5.41, 5.74) is 1.11. The van der Waals surface area contributed by atoms with E-state index in [1.807, 2.05) is 0 Å². The predicted molar refractivity (Wildman–Crippen MR) is 72.7 cm³/mol. The maximum absolute atomic E-state index is 13.5. The van der Waals surface area contributed by atoms with E-state index in [2.05, 4.69) is 10.3 Å². The highest BCUT2D eigenvalue weighted by atomic mass is 19.1. The second kappa shape index (κ2) is 5.32. The van der Waals surface area contributed by atoms with Gasteiger partial charge in [0.25, 0.3) is 5.91 Å². The van der Waals surface area contributed by atoms with Gasteiger partial charge in [0.05, 0.1) is 17.8 Å². The number of rotatable bonds is 3. The number of carbonyl (C=O) groups excluding carboxylic acids is 1. The van der Waals surface area contributed by atoms with E-state index in [9.17, 15) is 13.6 Å². The molecule has 0 saturated heterocycles. The van der Waals surface area contributed by atoms with Gasteiger partial charge in [0.1, 0.15) is 17.3 Å². The molecule has 3 aromatic rings. The zero-order valence-corrected chi connectivity index (χ0v) is 10.9. The summed E-state index contributed by atoms with van der Waals surface area (Å²) in [5, 5.41) is 2.58. The molecule has 0 saturated carbocycles. The summed E-state index contributed by atoms with van der Waals surface area (Å²) in [4.78, 5) is 16.1. The number of nitrogens with one attached hydrogen (secondary N) is 1. The Morgan fingerprint density at radius 2 is 1.95 bits per heavy atom. The minimum atomic E-state index is -0.577. The molecule has 0 atom stereocenters. The van der Waals surface area contributed by atoms with E-state index in [-0.39, 0.29) is 17.9 Å². The molecule has 0 radical (unpaired) electrons. The van der Waals surface area contributed by atoms with Crippen LogP contribution in [0.15, 0.2) is 48.8 Å². The molecule has 0 unspecified atom stereocenters. The van der Waals surface area contributed by atoms with Crippen LogP contribution in [0.5, 0.6) is 0 Å². The topological polar surface area (TPSA) is 46.4 Å². The largest absolute Gasteiger partial charge is 0.346 e. The van der Waals surface area contributed by atoms with Gasteiger partial charge in [-0.1, -0.05) is 12.1 Å². The third-order valence-electron chi connectivity index (χ3n) is 3.01. The van der Waals surface area contributed by atoms with Gasteiger partial charge in [-0.2, -0.15) is 0 Å². The number of carbonyl (C=O) groups is 1. The quantitative estimate of drug-likeness (QED) is 0.804. The first-order chi connectivity index (χ1) is 10.1. The van der Waals surface area contributed by atoms with Crippen molar-refractivity contribution in [2.45, 2.75) is 6.54 Å². The Balaban J connectivity index is 1.74. The summed E-state index contributed by atoms with van der Waals surface area (Å²) >= 11 is 0. The first-order valence-corrected chi connectivity index (χ1v) is 6.29. The summed E-state index contributed by atoms with van der Waals surface area (Å²) in [7, 11) is 0. The highest BCUT2D eigenvalue weighted by molar-refractivity contribution is 5.94. The van der Waals surface area contributed by atoms with Gasteiger partial charge in [-0.05, 0) is 24.3 Å². The molecule has 0 bridgehead atoms. The number of hydrogen-bond acceptors (Lipinski definition) is 2. The lowest BCUT2D eigenvalue weighted by molar-refractivity contribution is 0.0946. The smallest absolute Gasteiger partial charge is 0.254 e. The number of amides is 1. The molecule has 0 aliphatic heterocycles. The standard InChI is InChI=1S/C15H11F2N3O/c16-10-5-6-14-19-11(9-20(14)8-10)7-18-15(21)12-3-1-2-4-13(12)17/h1-6,8-9H,7H2,(H,18,21). The van der Waals surface area contributed by atoms with Gasteiger partial charge in [0.2, 0.25) is 0 Å². The second-order valence-corrected chi connectivity index (χ2v) is 4.51. The zero-order valence-electron chi connectivity index (χ0n) is 10.9. The number of halogens is 2. The summed E-state index contributed by atoms with van der Waals surface area (Å²) in [6.07, 6.45) is 2.91. The molecule has 21 heavy (non-hydrogen) atoms. The van der Waals surface area contributed by atoms with Crippen molar-refractivity contribution in [2.75, 3.05) is 0 Å². The minimum Gasteiger partial charge on any atom is -0.346 e. The molecule has 4 nitrogen and oxygen atoms in total. The van der Waals surface area contributed by atoms with Crippen LogP contribution in [0, 0.1) is 11.6 Å². The van der Waals surface area contributed by atoms with Crippen LogP contribution in [0.4, 0.5) is 8.78 Å². The molecule has 6 heteroatoms. The highest BCUT2D eigenvalue weighted by Gasteiger charge is 2.11. The van der Waals surface area contributed by atoms with E-state index in [1.54, 1.807) is 12.3 Å². The van der Waals surface area contributed by atoms with Crippen molar-refractivity contribution >= 4 is 11.6 Å². The van der Waals surface area contributed by atoms with Crippen LogP contribution in [-0.2, 0) is 6.54 Å². The third kappa shape index (κ3) is 2.74. The van der Waals surface area contributed by atoms with Crippen molar-refractivity contribution in [3.63, 3.8) is 0 Å². The van der Waals surface area contributed by atoms with Crippen LogP contribution < -0.4 is 5.32 Å². The van der Waals surface area contributed by atoms with E-state index < -0.39 is 11.7 Å². The molecule has 106 valence electrons. The number of benzene rings is 1. The number of imidazole rings is 1. The van der Waals surface area contributed by atoms with Crippen LogP contribution in [-0.4, -0.2) is 15.3 Å². The maximum Gasteiger partial charge on any atom is 0.254 e. The molecule has 1 aromatic carbocycles. The van der Waals surface area contributed by atoms with Gasteiger partial charge >= 0.3 is 0 Å². The Kier molecular flexibility index (Phi) is 3.35. The molecular formula is C15H11F2N3O. The zero-order chi connectivity index (χ0) is 14.8. The molecule has 2 heterocycles.